The first-order valence-corrected chi connectivity index (χ1v) is 7.10. The van der Waals surface area contributed by atoms with E-state index in [1.54, 1.807) is 6.07 Å². The predicted octanol–water partition coefficient (Wildman–Crippen LogP) is 3.33. The second-order valence-electron chi connectivity index (χ2n) is 4.95. The molecule has 0 heterocycles. The first-order chi connectivity index (χ1) is 9.06. The third-order valence-electron chi connectivity index (χ3n) is 3.42. The van der Waals surface area contributed by atoms with Crippen molar-refractivity contribution in [1.29, 1.82) is 0 Å². The van der Waals surface area contributed by atoms with Gasteiger partial charge in [0.05, 0.1) is 11.4 Å². The highest BCUT2D eigenvalue weighted by Gasteiger charge is 2.06. The zero-order chi connectivity index (χ0) is 14.3. The largest absolute Gasteiger partial charge is 0.397 e. The van der Waals surface area contributed by atoms with Gasteiger partial charge in [0.1, 0.15) is 5.82 Å². The average Bonchev–Trinajstić information content (AvgIpc) is 2.38. The summed E-state index contributed by atoms with van der Waals surface area (Å²) in [6, 6.07) is 4.82. The van der Waals surface area contributed by atoms with Crippen molar-refractivity contribution < 1.29 is 4.39 Å². The molecule has 0 saturated carbocycles. The fourth-order valence-corrected chi connectivity index (χ4v) is 2.16. The topological polar surface area (TPSA) is 41.3 Å². The summed E-state index contributed by atoms with van der Waals surface area (Å²) < 4.78 is 12.9. The predicted molar refractivity (Wildman–Crippen MR) is 80.9 cm³/mol. The van der Waals surface area contributed by atoms with E-state index in [-0.39, 0.29) is 5.82 Å². The number of nitrogens with zero attached hydrogens (tertiary/aromatic N) is 1. The Hall–Kier alpha value is -1.29. The molecule has 0 saturated heterocycles. The molecule has 0 aliphatic heterocycles. The molecule has 108 valence electrons. The van der Waals surface area contributed by atoms with E-state index in [9.17, 15) is 4.39 Å². The minimum Gasteiger partial charge on any atom is -0.397 e. The molecule has 0 spiro atoms. The van der Waals surface area contributed by atoms with E-state index in [1.165, 1.54) is 12.1 Å². The van der Waals surface area contributed by atoms with Crippen LogP contribution in [0.2, 0.25) is 0 Å². The Morgan fingerprint density at radius 1 is 1.32 bits per heavy atom. The Morgan fingerprint density at radius 3 is 2.58 bits per heavy atom. The minimum absolute atomic E-state index is 0.294. The maximum Gasteiger partial charge on any atom is 0.125 e. The summed E-state index contributed by atoms with van der Waals surface area (Å²) >= 11 is 0. The van der Waals surface area contributed by atoms with Crippen molar-refractivity contribution in [3.05, 3.63) is 24.0 Å². The van der Waals surface area contributed by atoms with Gasteiger partial charge < -0.3 is 16.0 Å². The van der Waals surface area contributed by atoms with Crippen LogP contribution >= 0.6 is 0 Å². The molecule has 1 atom stereocenters. The smallest absolute Gasteiger partial charge is 0.125 e. The molecule has 0 aromatic heterocycles. The van der Waals surface area contributed by atoms with E-state index in [0.29, 0.717) is 11.7 Å². The van der Waals surface area contributed by atoms with E-state index in [1.807, 2.05) is 0 Å². The van der Waals surface area contributed by atoms with Gasteiger partial charge in [0.15, 0.2) is 0 Å². The molecule has 0 bridgehead atoms. The fraction of sp³-hybridized carbons (Fsp3) is 0.600. The van der Waals surface area contributed by atoms with Crippen molar-refractivity contribution >= 4 is 11.4 Å². The molecule has 19 heavy (non-hydrogen) atoms. The zero-order valence-electron chi connectivity index (χ0n) is 12.2. The number of halogens is 1. The summed E-state index contributed by atoms with van der Waals surface area (Å²) in [6.45, 7) is 9.82. The number of anilines is 2. The maximum absolute atomic E-state index is 12.9. The molecule has 3 nitrogen and oxygen atoms in total. The highest BCUT2D eigenvalue weighted by atomic mass is 19.1. The van der Waals surface area contributed by atoms with E-state index < -0.39 is 0 Å². The van der Waals surface area contributed by atoms with Crippen LogP contribution in [0.3, 0.4) is 0 Å². The van der Waals surface area contributed by atoms with Gasteiger partial charge >= 0.3 is 0 Å². The lowest BCUT2D eigenvalue weighted by Gasteiger charge is -2.20. The van der Waals surface area contributed by atoms with E-state index in [2.05, 4.69) is 31.0 Å². The molecule has 0 radical (unpaired) electrons. The Morgan fingerprint density at radius 2 is 2.00 bits per heavy atom. The minimum atomic E-state index is -0.294. The fourth-order valence-electron chi connectivity index (χ4n) is 2.16. The van der Waals surface area contributed by atoms with Gasteiger partial charge in [-0.2, -0.15) is 0 Å². The number of hydrogen-bond donors (Lipinski definition) is 2. The zero-order valence-corrected chi connectivity index (χ0v) is 12.2. The van der Waals surface area contributed by atoms with Crippen LogP contribution in [0.1, 0.15) is 33.6 Å². The van der Waals surface area contributed by atoms with Crippen molar-refractivity contribution in [3.8, 4) is 0 Å². The van der Waals surface area contributed by atoms with Crippen molar-refractivity contribution in [3.63, 3.8) is 0 Å². The Kier molecular flexibility index (Phi) is 6.64. The van der Waals surface area contributed by atoms with Crippen LogP contribution in [0.25, 0.3) is 0 Å². The van der Waals surface area contributed by atoms with Crippen LogP contribution in [0.4, 0.5) is 15.8 Å². The summed E-state index contributed by atoms with van der Waals surface area (Å²) in [7, 11) is 0. The summed E-state index contributed by atoms with van der Waals surface area (Å²) in [4.78, 5) is 2.42. The first-order valence-electron chi connectivity index (χ1n) is 7.10. The Labute approximate surface area is 116 Å². The number of rotatable bonds is 8. The number of nitrogens with two attached hydrogens (primary N) is 1. The summed E-state index contributed by atoms with van der Waals surface area (Å²) in [5, 5.41) is 3.34. The third kappa shape index (κ3) is 5.47. The molecule has 0 aliphatic carbocycles. The second-order valence-corrected chi connectivity index (χ2v) is 4.95. The van der Waals surface area contributed by atoms with Gasteiger partial charge in [-0.3, -0.25) is 0 Å². The molecule has 0 fully saturated rings. The number of benzene rings is 1. The van der Waals surface area contributed by atoms with Gasteiger partial charge in [0.2, 0.25) is 0 Å². The van der Waals surface area contributed by atoms with Crippen molar-refractivity contribution in [2.75, 3.05) is 30.7 Å². The van der Waals surface area contributed by atoms with Gasteiger partial charge in [0.25, 0.3) is 0 Å². The van der Waals surface area contributed by atoms with Crippen molar-refractivity contribution in [2.45, 2.75) is 39.7 Å². The lowest BCUT2D eigenvalue weighted by Crippen LogP contribution is -2.25. The number of nitrogens with one attached hydrogen (secondary N) is 1. The van der Waals surface area contributed by atoms with Crippen LogP contribution in [0.5, 0.6) is 0 Å². The second kappa shape index (κ2) is 8.00. The standard InChI is InChI=1S/C15H26FN3/c1-4-19(5-2)10-6-7-12(3)18-15-9-8-13(16)11-14(15)17/h8-9,11-12,18H,4-7,10,17H2,1-3H3. The van der Waals surface area contributed by atoms with Crippen LogP contribution in [-0.4, -0.2) is 30.6 Å². The normalized spacial score (nSPS) is 12.7. The maximum atomic E-state index is 12.9. The summed E-state index contributed by atoms with van der Waals surface area (Å²) in [5.41, 5.74) is 7.06. The van der Waals surface area contributed by atoms with Gasteiger partial charge in [-0.25, -0.2) is 4.39 Å². The molecule has 1 aromatic rings. The molecular weight excluding hydrogens is 241 g/mol. The highest BCUT2D eigenvalue weighted by molar-refractivity contribution is 5.66. The molecule has 1 rings (SSSR count). The SMILES string of the molecule is CCN(CC)CCCC(C)Nc1ccc(F)cc1N. The molecule has 0 amide bonds. The lowest BCUT2D eigenvalue weighted by atomic mass is 10.1. The third-order valence-corrected chi connectivity index (χ3v) is 3.42. The molecule has 0 aliphatic rings. The molecule has 4 heteroatoms. The molecule has 3 N–H and O–H groups in total. The van der Waals surface area contributed by atoms with Crippen LogP contribution in [0.15, 0.2) is 18.2 Å². The van der Waals surface area contributed by atoms with Gasteiger partial charge in [-0.15, -0.1) is 0 Å². The summed E-state index contributed by atoms with van der Waals surface area (Å²) in [5.74, 6) is -0.294. The highest BCUT2D eigenvalue weighted by Crippen LogP contribution is 2.20. The number of nitrogen functional groups attached to an aromatic ring is 1. The Balaban J connectivity index is 2.36. The molecule has 1 aromatic carbocycles. The van der Waals surface area contributed by atoms with Crippen molar-refractivity contribution in [1.82, 2.24) is 4.90 Å². The van der Waals surface area contributed by atoms with E-state index in [4.69, 9.17) is 5.73 Å². The van der Waals surface area contributed by atoms with Crippen LogP contribution < -0.4 is 11.1 Å². The van der Waals surface area contributed by atoms with Crippen LogP contribution in [-0.2, 0) is 0 Å². The monoisotopic (exact) mass is 267 g/mol. The summed E-state index contributed by atoms with van der Waals surface area (Å²) in [6.07, 6.45) is 2.23. The van der Waals surface area contributed by atoms with Gasteiger partial charge in [-0.1, -0.05) is 13.8 Å². The van der Waals surface area contributed by atoms with E-state index >= 15 is 0 Å². The number of hydrogen-bond acceptors (Lipinski definition) is 3. The van der Waals surface area contributed by atoms with Crippen molar-refractivity contribution in [2.24, 2.45) is 0 Å². The lowest BCUT2D eigenvalue weighted by molar-refractivity contribution is 0.295. The first kappa shape index (κ1) is 15.8. The van der Waals surface area contributed by atoms with E-state index in [0.717, 1.165) is 38.2 Å². The molecule has 1 unspecified atom stereocenters. The molecular formula is C15H26FN3. The average molecular weight is 267 g/mol. The quantitative estimate of drug-likeness (QED) is 0.710. The van der Waals surface area contributed by atoms with Gasteiger partial charge in [-0.05, 0) is 57.6 Å². The van der Waals surface area contributed by atoms with Gasteiger partial charge in [0, 0.05) is 6.04 Å². The Bertz CT molecular complexity index is 378. The van der Waals surface area contributed by atoms with Crippen LogP contribution in [0, 0.1) is 5.82 Å².